The van der Waals surface area contributed by atoms with E-state index in [0.717, 1.165) is 5.39 Å². The second kappa shape index (κ2) is 8.30. The Bertz CT molecular complexity index is 949. The minimum atomic E-state index is -1.02. The predicted octanol–water partition coefficient (Wildman–Crippen LogP) is 2.24. The lowest BCUT2D eigenvalue weighted by molar-refractivity contribution is 0.0526. The van der Waals surface area contributed by atoms with Crippen molar-refractivity contribution in [3.05, 3.63) is 54.0 Å². The molecule has 3 rings (SSSR count). The van der Waals surface area contributed by atoms with Gasteiger partial charge < -0.3 is 25.4 Å². The fourth-order valence-electron chi connectivity index (χ4n) is 2.89. The van der Waals surface area contributed by atoms with Crippen molar-refractivity contribution in [2.75, 3.05) is 20.3 Å². The summed E-state index contributed by atoms with van der Waals surface area (Å²) in [5.74, 6) is 0.536. The number of nitrogens with two attached hydrogens (primary N) is 1. The third kappa shape index (κ3) is 4.00. The number of benzene rings is 2. The molecule has 0 aliphatic heterocycles. The number of pyridine rings is 1. The van der Waals surface area contributed by atoms with E-state index in [1.54, 1.807) is 31.4 Å². The maximum absolute atomic E-state index is 13.8. The van der Waals surface area contributed by atoms with Crippen LogP contribution in [0, 0.1) is 5.82 Å². The van der Waals surface area contributed by atoms with Crippen LogP contribution in [-0.2, 0) is 6.54 Å². The number of methoxy groups -OCH3 is 1. The Morgan fingerprint density at radius 1 is 1.19 bits per heavy atom. The number of ether oxygens (including phenoxy) is 2. The summed E-state index contributed by atoms with van der Waals surface area (Å²) in [7, 11) is 1.56. The summed E-state index contributed by atoms with van der Waals surface area (Å²) in [6.07, 6.45) is -1.02. The van der Waals surface area contributed by atoms with Gasteiger partial charge in [0, 0.05) is 22.9 Å². The Morgan fingerprint density at radius 2 is 2.00 bits per heavy atom. The Labute approximate surface area is 156 Å². The minimum Gasteiger partial charge on any atom is -0.497 e. The van der Waals surface area contributed by atoms with Crippen molar-refractivity contribution in [2.24, 2.45) is 5.73 Å². The second-order valence-electron chi connectivity index (χ2n) is 6.01. The number of hydrogen-bond acceptors (Lipinski definition) is 6. The Balaban J connectivity index is 2.24. The molecule has 4 N–H and O–H groups in total. The van der Waals surface area contributed by atoms with Gasteiger partial charge in [0.1, 0.15) is 24.3 Å². The highest BCUT2D eigenvalue weighted by Crippen LogP contribution is 2.37. The fourth-order valence-corrected chi connectivity index (χ4v) is 2.89. The molecule has 0 radical (unpaired) electrons. The van der Waals surface area contributed by atoms with E-state index in [2.05, 4.69) is 4.98 Å². The van der Waals surface area contributed by atoms with Crippen LogP contribution in [0.4, 0.5) is 4.39 Å². The van der Waals surface area contributed by atoms with Gasteiger partial charge in [-0.3, -0.25) is 0 Å². The van der Waals surface area contributed by atoms with Crippen molar-refractivity contribution < 1.29 is 24.1 Å². The smallest absolute Gasteiger partial charge is 0.221 e. The monoisotopic (exact) mass is 372 g/mol. The largest absolute Gasteiger partial charge is 0.497 e. The highest BCUT2D eigenvalue weighted by molar-refractivity contribution is 6.01. The van der Waals surface area contributed by atoms with Crippen molar-refractivity contribution >= 4 is 10.8 Å². The maximum Gasteiger partial charge on any atom is 0.221 e. The van der Waals surface area contributed by atoms with Crippen molar-refractivity contribution in [3.8, 4) is 22.8 Å². The van der Waals surface area contributed by atoms with E-state index >= 15 is 0 Å². The molecule has 1 heterocycles. The lowest BCUT2D eigenvalue weighted by atomic mass is 9.96. The standard InChI is InChI=1S/C20H21FN2O4/c1-26-15-5-6-16-17(8-15)19(12-3-2-4-13(21)7-12)18(9-22)23-20(16)27-11-14(25)10-24/h2-8,14,24-25H,9-11,22H2,1H3/t14-/m0/s1. The molecule has 142 valence electrons. The molecular weight excluding hydrogens is 351 g/mol. The molecule has 0 aliphatic rings. The summed E-state index contributed by atoms with van der Waals surface area (Å²) in [6.45, 7) is -0.428. The SMILES string of the molecule is COc1ccc2c(OC[C@@H](O)CO)nc(CN)c(-c3cccc(F)c3)c2c1. The lowest BCUT2D eigenvalue weighted by Crippen LogP contribution is -2.22. The van der Waals surface area contributed by atoms with Crippen molar-refractivity contribution in [1.82, 2.24) is 4.98 Å². The number of aliphatic hydroxyl groups is 2. The first kappa shape index (κ1) is 19.0. The van der Waals surface area contributed by atoms with E-state index in [1.807, 2.05) is 6.07 Å². The number of fused-ring (bicyclic) bond motifs is 1. The fraction of sp³-hybridized carbons (Fsp3) is 0.250. The van der Waals surface area contributed by atoms with Crippen LogP contribution in [0.5, 0.6) is 11.6 Å². The molecule has 0 fully saturated rings. The average molecular weight is 372 g/mol. The van der Waals surface area contributed by atoms with E-state index in [-0.39, 0.29) is 24.8 Å². The van der Waals surface area contributed by atoms with Crippen LogP contribution >= 0.6 is 0 Å². The van der Waals surface area contributed by atoms with Gasteiger partial charge in [0.05, 0.1) is 19.4 Å². The molecule has 0 spiro atoms. The topological polar surface area (TPSA) is 97.8 Å². The van der Waals surface area contributed by atoms with E-state index in [4.69, 9.17) is 20.3 Å². The molecule has 7 heteroatoms. The van der Waals surface area contributed by atoms with Crippen LogP contribution in [-0.4, -0.2) is 41.6 Å². The summed E-state index contributed by atoms with van der Waals surface area (Å²) in [5.41, 5.74) is 7.77. The molecule has 0 aliphatic carbocycles. The van der Waals surface area contributed by atoms with Crippen LogP contribution < -0.4 is 15.2 Å². The zero-order valence-electron chi connectivity index (χ0n) is 14.9. The van der Waals surface area contributed by atoms with Gasteiger partial charge in [0.15, 0.2) is 0 Å². The van der Waals surface area contributed by atoms with E-state index < -0.39 is 12.7 Å². The zero-order valence-corrected chi connectivity index (χ0v) is 14.9. The van der Waals surface area contributed by atoms with Gasteiger partial charge in [-0.15, -0.1) is 0 Å². The van der Waals surface area contributed by atoms with Crippen LogP contribution in [0.1, 0.15) is 5.69 Å². The molecule has 0 saturated heterocycles. The normalized spacial score (nSPS) is 12.2. The predicted molar refractivity (Wildman–Crippen MR) is 100 cm³/mol. The van der Waals surface area contributed by atoms with E-state index in [1.165, 1.54) is 12.1 Å². The Hall–Kier alpha value is -2.74. The highest BCUT2D eigenvalue weighted by Gasteiger charge is 2.18. The van der Waals surface area contributed by atoms with Crippen LogP contribution in [0.3, 0.4) is 0 Å². The van der Waals surface area contributed by atoms with Gasteiger partial charge in [0.2, 0.25) is 5.88 Å². The van der Waals surface area contributed by atoms with Crippen LogP contribution in [0.15, 0.2) is 42.5 Å². The molecule has 0 saturated carbocycles. The molecular formula is C20H21FN2O4. The van der Waals surface area contributed by atoms with Gasteiger partial charge in [-0.2, -0.15) is 0 Å². The third-order valence-corrected chi connectivity index (χ3v) is 4.18. The van der Waals surface area contributed by atoms with Crippen molar-refractivity contribution in [3.63, 3.8) is 0 Å². The van der Waals surface area contributed by atoms with Crippen molar-refractivity contribution in [2.45, 2.75) is 12.6 Å². The summed E-state index contributed by atoms with van der Waals surface area (Å²) in [4.78, 5) is 4.48. The summed E-state index contributed by atoms with van der Waals surface area (Å²) in [6, 6.07) is 11.6. The first-order chi connectivity index (χ1) is 13.1. The van der Waals surface area contributed by atoms with Crippen molar-refractivity contribution in [1.29, 1.82) is 0 Å². The third-order valence-electron chi connectivity index (χ3n) is 4.18. The number of nitrogens with zero attached hydrogens (tertiary/aromatic N) is 1. The second-order valence-corrected chi connectivity index (χ2v) is 6.01. The molecule has 1 aromatic heterocycles. The number of halogens is 1. The summed E-state index contributed by atoms with van der Waals surface area (Å²) in [5, 5.41) is 20.0. The highest BCUT2D eigenvalue weighted by atomic mass is 19.1. The van der Waals surface area contributed by atoms with E-state index in [9.17, 15) is 9.50 Å². The van der Waals surface area contributed by atoms with Gasteiger partial charge in [0.25, 0.3) is 0 Å². The summed E-state index contributed by atoms with van der Waals surface area (Å²) >= 11 is 0. The van der Waals surface area contributed by atoms with Crippen LogP contribution in [0.25, 0.3) is 21.9 Å². The van der Waals surface area contributed by atoms with Gasteiger partial charge in [-0.1, -0.05) is 12.1 Å². The molecule has 0 unspecified atom stereocenters. The van der Waals surface area contributed by atoms with E-state index in [0.29, 0.717) is 28.0 Å². The quantitative estimate of drug-likeness (QED) is 0.588. The minimum absolute atomic E-state index is 0.109. The first-order valence-electron chi connectivity index (χ1n) is 8.45. The summed E-state index contributed by atoms with van der Waals surface area (Å²) < 4.78 is 24.7. The molecule has 6 nitrogen and oxygen atoms in total. The number of aromatic nitrogens is 1. The number of hydrogen-bond donors (Lipinski definition) is 3. The molecule has 0 bridgehead atoms. The van der Waals surface area contributed by atoms with Gasteiger partial charge >= 0.3 is 0 Å². The molecule has 3 aromatic rings. The average Bonchev–Trinajstić information content (AvgIpc) is 2.70. The first-order valence-corrected chi connectivity index (χ1v) is 8.45. The number of rotatable bonds is 7. The molecule has 27 heavy (non-hydrogen) atoms. The van der Waals surface area contributed by atoms with Crippen LogP contribution in [0.2, 0.25) is 0 Å². The van der Waals surface area contributed by atoms with Gasteiger partial charge in [-0.05, 0) is 35.9 Å². The Morgan fingerprint density at radius 3 is 2.67 bits per heavy atom. The molecule has 2 aromatic carbocycles. The molecule has 0 amide bonds. The zero-order chi connectivity index (χ0) is 19.4. The molecule has 1 atom stereocenters. The lowest BCUT2D eigenvalue weighted by Gasteiger charge is -2.17. The van der Waals surface area contributed by atoms with Gasteiger partial charge in [-0.25, -0.2) is 9.37 Å². The number of aliphatic hydroxyl groups excluding tert-OH is 2. The maximum atomic E-state index is 13.8. The Kier molecular flexibility index (Phi) is 5.85.